The molecule has 1 unspecified atom stereocenters. The maximum atomic E-state index is 12.1. The molecule has 2 aliphatic rings. The second kappa shape index (κ2) is 4.39. The van der Waals surface area contributed by atoms with Crippen molar-refractivity contribution in [3.63, 3.8) is 0 Å². The largest absolute Gasteiger partial charge is 0.318 e. The van der Waals surface area contributed by atoms with Crippen molar-refractivity contribution in [2.24, 2.45) is 5.92 Å². The smallest absolute Gasteiger partial charge is 0.214 e. The summed E-state index contributed by atoms with van der Waals surface area (Å²) in [4.78, 5) is 0. The zero-order valence-electron chi connectivity index (χ0n) is 9.28. The lowest BCUT2D eigenvalue weighted by molar-refractivity contribution is 0.378. The van der Waals surface area contributed by atoms with E-state index in [2.05, 4.69) is 5.32 Å². The number of rotatable bonds is 5. The fraction of sp³-hybridized carbons (Fsp3) is 1.00. The Morgan fingerprint density at radius 2 is 2.07 bits per heavy atom. The van der Waals surface area contributed by atoms with Crippen LogP contribution in [0.25, 0.3) is 0 Å². The SMILES string of the molecule is CNCC1CCCN1S(=O)(=O)CC1CC1. The molecule has 2 fully saturated rings. The van der Waals surface area contributed by atoms with Gasteiger partial charge in [0.2, 0.25) is 10.0 Å². The van der Waals surface area contributed by atoms with E-state index in [9.17, 15) is 8.42 Å². The van der Waals surface area contributed by atoms with Crippen molar-refractivity contribution < 1.29 is 8.42 Å². The predicted molar refractivity (Wildman–Crippen MR) is 60.2 cm³/mol. The maximum absolute atomic E-state index is 12.1. The lowest BCUT2D eigenvalue weighted by Crippen LogP contribution is -2.42. The summed E-state index contributed by atoms with van der Waals surface area (Å²) >= 11 is 0. The van der Waals surface area contributed by atoms with Crippen molar-refractivity contribution in [1.82, 2.24) is 9.62 Å². The average Bonchev–Trinajstić information content (AvgIpc) is 2.82. The minimum absolute atomic E-state index is 0.193. The number of hydrogen-bond donors (Lipinski definition) is 1. The molecule has 1 heterocycles. The van der Waals surface area contributed by atoms with E-state index < -0.39 is 10.0 Å². The predicted octanol–water partition coefficient (Wildman–Crippen LogP) is 0.410. The fourth-order valence-electron chi connectivity index (χ4n) is 2.29. The molecular formula is C10H20N2O2S. The van der Waals surface area contributed by atoms with E-state index in [1.807, 2.05) is 7.05 Å². The Hall–Kier alpha value is -0.130. The minimum atomic E-state index is -2.97. The molecule has 1 aliphatic carbocycles. The fourth-order valence-corrected chi connectivity index (χ4v) is 4.46. The van der Waals surface area contributed by atoms with E-state index in [1.54, 1.807) is 4.31 Å². The van der Waals surface area contributed by atoms with Crippen molar-refractivity contribution in [2.75, 3.05) is 25.9 Å². The number of nitrogens with one attached hydrogen (secondary N) is 1. The van der Waals surface area contributed by atoms with Gasteiger partial charge in [-0.15, -0.1) is 0 Å². The van der Waals surface area contributed by atoms with Gasteiger partial charge in [-0.3, -0.25) is 0 Å². The number of hydrogen-bond acceptors (Lipinski definition) is 3. The van der Waals surface area contributed by atoms with Gasteiger partial charge in [-0.1, -0.05) is 0 Å². The van der Waals surface area contributed by atoms with Crippen LogP contribution in [-0.4, -0.2) is 44.7 Å². The van der Waals surface area contributed by atoms with Gasteiger partial charge in [-0.05, 0) is 38.6 Å². The van der Waals surface area contributed by atoms with Crippen LogP contribution in [0.15, 0.2) is 0 Å². The van der Waals surface area contributed by atoms with Gasteiger partial charge in [0.15, 0.2) is 0 Å². The second-order valence-electron chi connectivity index (χ2n) is 4.69. The van der Waals surface area contributed by atoms with Crippen molar-refractivity contribution in [1.29, 1.82) is 0 Å². The van der Waals surface area contributed by atoms with Crippen LogP contribution in [0, 0.1) is 5.92 Å². The summed E-state index contributed by atoms with van der Waals surface area (Å²) in [6.45, 7) is 1.51. The van der Waals surface area contributed by atoms with E-state index in [0.717, 1.165) is 38.8 Å². The van der Waals surface area contributed by atoms with Crippen molar-refractivity contribution in [3.05, 3.63) is 0 Å². The molecule has 2 rings (SSSR count). The van der Waals surface area contributed by atoms with Gasteiger partial charge >= 0.3 is 0 Å². The monoisotopic (exact) mass is 232 g/mol. The molecule has 4 nitrogen and oxygen atoms in total. The van der Waals surface area contributed by atoms with E-state index in [1.165, 1.54) is 0 Å². The van der Waals surface area contributed by atoms with Gasteiger partial charge in [0.25, 0.3) is 0 Å². The van der Waals surface area contributed by atoms with E-state index in [4.69, 9.17) is 0 Å². The zero-order valence-corrected chi connectivity index (χ0v) is 10.1. The standard InChI is InChI=1S/C10H20N2O2S/c1-11-7-10-3-2-6-12(10)15(13,14)8-9-4-5-9/h9-11H,2-8H2,1H3. The van der Waals surface area contributed by atoms with Gasteiger partial charge in [0.05, 0.1) is 5.75 Å². The first-order valence-electron chi connectivity index (χ1n) is 5.77. The molecule has 0 radical (unpaired) electrons. The molecule has 0 amide bonds. The lowest BCUT2D eigenvalue weighted by atomic mass is 10.2. The zero-order chi connectivity index (χ0) is 10.9. The van der Waals surface area contributed by atoms with Crippen LogP contribution in [-0.2, 0) is 10.0 Å². The summed E-state index contributed by atoms with van der Waals surface area (Å²) in [5.74, 6) is 0.832. The van der Waals surface area contributed by atoms with Gasteiger partial charge in [0.1, 0.15) is 0 Å². The van der Waals surface area contributed by atoms with Crippen molar-refractivity contribution in [2.45, 2.75) is 31.7 Å². The molecule has 0 spiro atoms. The molecular weight excluding hydrogens is 212 g/mol. The molecule has 1 atom stereocenters. The quantitative estimate of drug-likeness (QED) is 0.747. The summed E-state index contributed by atoms with van der Waals surface area (Å²) < 4.78 is 25.9. The van der Waals surface area contributed by atoms with Crippen molar-refractivity contribution >= 4 is 10.0 Å². The second-order valence-corrected chi connectivity index (χ2v) is 6.65. The third-order valence-electron chi connectivity index (χ3n) is 3.26. The number of nitrogens with zero attached hydrogens (tertiary/aromatic N) is 1. The highest BCUT2D eigenvalue weighted by molar-refractivity contribution is 7.89. The highest BCUT2D eigenvalue weighted by Crippen LogP contribution is 2.32. The highest BCUT2D eigenvalue weighted by atomic mass is 32.2. The summed E-state index contributed by atoms with van der Waals surface area (Å²) in [6, 6.07) is 0.193. The molecule has 1 saturated heterocycles. The summed E-state index contributed by atoms with van der Waals surface area (Å²) in [5.41, 5.74) is 0. The van der Waals surface area contributed by atoms with E-state index in [0.29, 0.717) is 11.7 Å². The first kappa shape index (κ1) is 11.4. The van der Waals surface area contributed by atoms with E-state index >= 15 is 0 Å². The molecule has 0 bridgehead atoms. The first-order valence-corrected chi connectivity index (χ1v) is 7.38. The average molecular weight is 232 g/mol. The molecule has 15 heavy (non-hydrogen) atoms. The minimum Gasteiger partial charge on any atom is -0.318 e. The normalized spacial score (nSPS) is 28.5. The van der Waals surface area contributed by atoms with Gasteiger partial charge in [0, 0.05) is 19.1 Å². The lowest BCUT2D eigenvalue weighted by Gasteiger charge is -2.23. The van der Waals surface area contributed by atoms with Crippen molar-refractivity contribution in [3.8, 4) is 0 Å². The van der Waals surface area contributed by atoms with Gasteiger partial charge in [-0.2, -0.15) is 4.31 Å². The molecule has 88 valence electrons. The van der Waals surface area contributed by atoms with Crippen LogP contribution < -0.4 is 5.32 Å². The Morgan fingerprint density at radius 1 is 1.33 bits per heavy atom. The molecule has 5 heteroatoms. The van der Waals surface area contributed by atoms with E-state index in [-0.39, 0.29) is 6.04 Å². The number of sulfonamides is 1. The highest BCUT2D eigenvalue weighted by Gasteiger charge is 2.37. The third-order valence-corrected chi connectivity index (χ3v) is 5.35. The van der Waals surface area contributed by atoms with Crippen LogP contribution in [0.5, 0.6) is 0 Å². The molecule has 0 aromatic heterocycles. The Bertz CT molecular complexity index is 311. The summed E-state index contributed by atoms with van der Waals surface area (Å²) in [7, 11) is -1.10. The van der Waals surface area contributed by atoms with Crippen LogP contribution >= 0.6 is 0 Å². The molecule has 0 aromatic carbocycles. The van der Waals surface area contributed by atoms with Crippen LogP contribution in [0.3, 0.4) is 0 Å². The molecule has 0 aromatic rings. The first-order chi connectivity index (χ1) is 7.13. The molecule has 1 N–H and O–H groups in total. The van der Waals surface area contributed by atoms with Gasteiger partial charge in [-0.25, -0.2) is 8.42 Å². The molecule has 1 aliphatic heterocycles. The number of likely N-dealkylation sites (N-methyl/N-ethyl adjacent to an activating group) is 1. The van der Waals surface area contributed by atoms with Crippen LogP contribution in [0.1, 0.15) is 25.7 Å². The summed E-state index contributed by atoms with van der Waals surface area (Å²) in [6.07, 6.45) is 4.22. The maximum Gasteiger partial charge on any atom is 0.214 e. The van der Waals surface area contributed by atoms with Crippen LogP contribution in [0.2, 0.25) is 0 Å². The third kappa shape index (κ3) is 2.71. The topological polar surface area (TPSA) is 49.4 Å². The van der Waals surface area contributed by atoms with Gasteiger partial charge < -0.3 is 5.32 Å². The Balaban J connectivity index is 2.00. The Kier molecular flexibility index (Phi) is 3.33. The Labute approximate surface area is 92.1 Å². The summed E-state index contributed by atoms with van der Waals surface area (Å²) in [5, 5.41) is 3.07. The molecule has 1 saturated carbocycles. The van der Waals surface area contributed by atoms with Crippen LogP contribution in [0.4, 0.5) is 0 Å². The Morgan fingerprint density at radius 3 is 2.67 bits per heavy atom.